The first kappa shape index (κ1) is 17.5. The van der Waals surface area contributed by atoms with Crippen LogP contribution in [0.5, 0.6) is 5.75 Å². The zero-order chi connectivity index (χ0) is 17.5. The van der Waals surface area contributed by atoms with Gasteiger partial charge in [0.15, 0.2) is 6.04 Å². The number of rotatable bonds is 6. The lowest BCUT2D eigenvalue weighted by Gasteiger charge is -2.29. The standard InChI is InChI=1S/C21H26N2O2/c1-25-19-12-10-17(11-13-19)16-22-20(18-8-4-2-5-9-18)21(24)23-14-6-3-7-15-23/h2,4-5,8-13,20,22H,3,6-7,14-16H2,1H3/p+1/t20-/m0/s1. The SMILES string of the molecule is COc1ccc(C[NH2+][C@H](C(=O)N2CCCCC2)c2ccccc2)cc1. The molecule has 0 spiro atoms. The fourth-order valence-electron chi connectivity index (χ4n) is 3.37. The van der Waals surface area contributed by atoms with Crippen molar-refractivity contribution in [2.75, 3.05) is 20.2 Å². The van der Waals surface area contributed by atoms with Crippen LogP contribution in [0.3, 0.4) is 0 Å². The van der Waals surface area contributed by atoms with Crippen LogP contribution in [0.4, 0.5) is 0 Å². The molecule has 0 saturated carbocycles. The zero-order valence-corrected chi connectivity index (χ0v) is 14.9. The number of amides is 1. The van der Waals surface area contributed by atoms with Gasteiger partial charge in [-0.1, -0.05) is 30.3 Å². The second-order valence-corrected chi connectivity index (χ2v) is 6.56. The summed E-state index contributed by atoms with van der Waals surface area (Å²) in [5.74, 6) is 1.09. The van der Waals surface area contributed by atoms with E-state index < -0.39 is 0 Å². The van der Waals surface area contributed by atoms with Crippen molar-refractivity contribution in [3.8, 4) is 5.75 Å². The van der Waals surface area contributed by atoms with Crippen LogP contribution in [0.15, 0.2) is 54.6 Å². The fraction of sp³-hybridized carbons (Fsp3) is 0.381. The highest BCUT2D eigenvalue weighted by atomic mass is 16.5. The van der Waals surface area contributed by atoms with Crippen LogP contribution in [0, 0.1) is 0 Å². The monoisotopic (exact) mass is 339 g/mol. The predicted molar refractivity (Wildman–Crippen MR) is 98.2 cm³/mol. The zero-order valence-electron chi connectivity index (χ0n) is 14.9. The Labute approximate surface area is 149 Å². The molecular weight excluding hydrogens is 312 g/mol. The van der Waals surface area contributed by atoms with Crippen molar-refractivity contribution < 1.29 is 14.8 Å². The van der Waals surface area contributed by atoms with Crippen LogP contribution in [-0.2, 0) is 11.3 Å². The van der Waals surface area contributed by atoms with Gasteiger partial charge in [0.25, 0.3) is 5.91 Å². The van der Waals surface area contributed by atoms with Crippen LogP contribution in [0.2, 0.25) is 0 Å². The lowest BCUT2D eigenvalue weighted by atomic mass is 10.0. The van der Waals surface area contributed by atoms with E-state index in [2.05, 4.69) is 29.6 Å². The molecule has 4 heteroatoms. The third-order valence-corrected chi connectivity index (χ3v) is 4.84. The maximum Gasteiger partial charge on any atom is 0.285 e. The molecule has 3 rings (SSSR count). The Kier molecular flexibility index (Phi) is 6.07. The van der Waals surface area contributed by atoms with E-state index in [0.29, 0.717) is 0 Å². The number of carbonyl (C=O) groups is 1. The number of benzene rings is 2. The summed E-state index contributed by atoms with van der Waals surface area (Å²) < 4.78 is 5.21. The summed E-state index contributed by atoms with van der Waals surface area (Å²) in [5.41, 5.74) is 2.26. The van der Waals surface area contributed by atoms with Gasteiger partial charge >= 0.3 is 0 Å². The molecule has 2 N–H and O–H groups in total. The normalized spacial score (nSPS) is 15.6. The molecule has 4 nitrogen and oxygen atoms in total. The van der Waals surface area contributed by atoms with E-state index in [1.54, 1.807) is 7.11 Å². The lowest BCUT2D eigenvalue weighted by molar-refractivity contribution is -0.699. The van der Waals surface area contributed by atoms with Gasteiger partial charge < -0.3 is 15.0 Å². The summed E-state index contributed by atoms with van der Waals surface area (Å²) in [6.45, 7) is 2.54. The van der Waals surface area contributed by atoms with E-state index in [-0.39, 0.29) is 11.9 Å². The number of likely N-dealkylation sites (tertiary alicyclic amines) is 1. The van der Waals surface area contributed by atoms with Crippen LogP contribution in [0.25, 0.3) is 0 Å². The number of hydrogen-bond acceptors (Lipinski definition) is 2. The first-order valence-electron chi connectivity index (χ1n) is 9.08. The second kappa shape index (κ2) is 8.67. The van der Waals surface area contributed by atoms with Crippen molar-refractivity contribution in [1.29, 1.82) is 0 Å². The molecule has 1 atom stereocenters. The second-order valence-electron chi connectivity index (χ2n) is 6.56. The topological polar surface area (TPSA) is 46.1 Å². The molecule has 0 aliphatic carbocycles. The molecule has 0 radical (unpaired) electrons. The highest BCUT2D eigenvalue weighted by molar-refractivity contribution is 5.81. The molecule has 1 heterocycles. The number of quaternary nitrogens is 1. The predicted octanol–water partition coefficient (Wildman–Crippen LogP) is 2.51. The average Bonchev–Trinajstić information content (AvgIpc) is 2.70. The quantitative estimate of drug-likeness (QED) is 0.879. The third-order valence-electron chi connectivity index (χ3n) is 4.84. The van der Waals surface area contributed by atoms with Gasteiger partial charge in [-0.05, 0) is 43.5 Å². The summed E-state index contributed by atoms with van der Waals surface area (Å²) in [6.07, 6.45) is 3.47. The van der Waals surface area contributed by atoms with E-state index >= 15 is 0 Å². The Morgan fingerprint density at radius 1 is 1.04 bits per heavy atom. The minimum absolute atomic E-state index is 0.179. The summed E-state index contributed by atoms with van der Waals surface area (Å²) in [4.78, 5) is 15.1. The van der Waals surface area contributed by atoms with Crippen molar-refractivity contribution in [1.82, 2.24) is 4.90 Å². The molecule has 1 aliphatic rings. The van der Waals surface area contributed by atoms with E-state index in [0.717, 1.165) is 43.8 Å². The molecule has 132 valence electrons. The van der Waals surface area contributed by atoms with Gasteiger partial charge in [-0.3, -0.25) is 4.79 Å². The molecule has 1 saturated heterocycles. The van der Waals surface area contributed by atoms with Crippen molar-refractivity contribution >= 4 is 5.91 Å². The van der Waals surface area contributed by atoms with Gasteiger partial charge in [0.1, 0.15) is 12.3 Å². The number of carbonyl (C=O) groups excluding carboxylic acids is 1. The Hall–Kier alpha value is -2.33. The van der Waals surface area contributed by atoms with E-state index in [9.17, 15) is 4.79 Å². The summed E-state index contributed by atoms with van der Waals surface area (Å²) in [7, 11) is 1.67. The Balaban J connectivity index is 1.72. The van der Waals surface area contributed by atoms with E-state index in [1.165, 1.54) is 12.0 Å². The molecule has 1 fully saturated rings. The van der Waals surface area contributed by atoms with E-state index in [4.69, 9.17) is 4.74 Å². The molecule has 0 unspecified atom stereocenters. The first-order valence-corrected chi connectivity index (χ1v) is 9.08. The minimum atomic E-state index is -0.179. The van der Waals surface area contributed by atoms with Gasteiger partial charge in [0, 0.05) is 24.2 Å². The van der Waals surface area contributed by atoms with Crippen LogP contribution >= 0.6 is 0 Å². The van der Waals surface area contributed by atoms with Crippen molar-refractivity contribution in [3.63, 3.8) is 0 Å². The average molecular weight is 339 g/mol. The van der Waals surface area contributed by atoms with E-state index in [1.807, 2.05) is 35.2 Å². The van der Waals surface area contributed by atoms with Crippen molar-refractivity contribution in [2.45, 2.75) is 31.8 Å². The summed E-state index contributed by atoms with van der Waals surface area (Å²) in [6, 6.07) is 18.0. The molecule has 1 amide bonds. The smallest absolute Gasteiger partial charge is 0.285 e. The number of ether oxygens (including phenoxy) is 1. The highest BCUT2D eigenvalue weighted by Crippen LogP contribution is 2.17. The lowest BCUT2D eigenvalue weighted by Crippen LogP contribution is -2.86. The number of hydrogen-bond donors (Lipinski definition) is 1. The maximum atomic E-state index is 13.1. The van der Waals surface area contributed by atoms with Crippen LogP contribution in [-0.4, -0.2) is 31.0 Å². The number of nitrogens with two attached hydrogens (primary N) is 1. The Morgan fingerprint density at radius 3 is 2.36 bits per heavy atom. The van der Waals surface area contributed by atoms with Crippen molar-refractivity contribution in [3.05, 3.63) is 65.7 Å². The fourth-order valence-corrected chi connectivity index (χ4v) is 3.37. The van der Waals surface area contributed by atoms with Crippen LogP contribution in [0.1, 0.15) is 36.4 Å². The molecule has 2 aromatic carbocycles. The maximum absolute atomic E-state index is 13.1. The number of piperidine rings is 1. The Morgan fingerprint density at radius 2 is 1.72 bits per heavy atom. The number of nitrogens with zero attached hydrogens (tertiary/aromatic N) is 1. The molecule has 2 aromatic rings. The molecule has 0 bridgehead atoms. The van der Waals surface area contributed by atoms with Gasteiger partial charge in [-0.2, -0.15) is 0 Å². The van der Waals surface area contributed by atoms with Gasteiger partial charge in [-0.15, -0.1) is 0 Å². The third kappa shape index (κ3) is 4.60. The molecule has 25 heavy (non-hydrogen) atoms. The molecule has 1 aliphatic heterocycles. The van der Waals surface area contributed by atoms with Gasteiger partial charge in [0.2, 0.25) is 0 Å². The molecular formula is C21H27N2O2+. The highest BCUT2D eigenvalue weighted by Gasteiger charge is 2.29. The Bertz CT molecular complexity index is 664. The molecule has 0 aromatic heterocycles. The minimum Gasteiger partial charge on any atom is -0.497 e. The van der Waals surface area contributed by atoms with Gasteiger partial charge in [-0.25, -0.2) is 0 Å². The summed E-state index contributed by atoms with van der Waals surface area (Å²) in [5, 5.41) is 2.15. The van der Waals surface area contributed by atoms with Gasteiger partial charge in [0.05, 0.1) is 7.11 Å². The van der Waals surface area contributed by atoms with Crippen molar-refractivity contribution in [2.24, 2.45) is 0 Å². The van der Waals surface area contributed by atoms with Crippen LogP contribution < -0.4 is 10.1 Å². The summed E-state index contributed by atoms with van der Waals surface area (Å²) >= 11 is 0. The largest absolute Gasteiger partial charge is 0.497 e. The first-order chi connectivity index (χ1) is 12.3. The number of methoxy groups -OCH3 is 1.